The molecule has 1 unspecified atom stereocenters. The Kier molecular flexibility index (Phi) is 5.38. The SMILES string of the molecule is C=CCC(NC(=O)Nc1cc(C)ccc1Cl)C(=O)O. The van der Waals surface area contributed by atoms with Crippen molar-refractivity contribution in [2.75, 3.05) is 5.32 Å². The van der Waals surface area contributed by atoms with E-state index in [1.54, 1.807) is 12.1 Å². The molecule has 2 amide bonds. The summed E-state index contributed by atoms with van der Waals surface area (Å²) in [5.41, 5.74) is 1.36. The molecule has 1 aromatic rings. The third-order valence-corrected chi connectivity index (χ3v) is 2.71. The Bertz CT molecular complexity index is 503. The van der Waals surface area contributed by atoms with Gasteiger partial charge >= 0.3 is 12.0 Å². The number of carboxylic acid groups (broad SMARTS) is 1. The number of amides is 2. The number of anilines is 1. The smallest absolute Gasteiger partial charge is 0.326 e. The zero-order valence-electron chi connectivity index (χ0n) is 10.4. The Morgan fingerprint density at radius 1 is 1.53 bits per heavy atom. The highest BCUT2D eigenvalue weighted by Crippen LogP contribution is 2.22. The molecule has 0 aromatic heterocycles. The van der Waals surface area contributed by atoms with E-state index in [0.29, 0.717) is 10.7 Å². The van der Waals surface area contributed by atoms with Gasteiger partial charge in [-0.1, -0.05) is 23.7 Å². The summed E-state index contributed by atoms with van der Waals surface area (Å²) in [4.78, 5) is 22.6. The molecule has 0 fully saturated rings. The second-order valence-corrected chi connectivity index (χ2v) is 4.40. The first-order chi connectivity index (χ1) is 8.93. The number of nitrogens with one attached hydrogen (secondary N) is 2. The third kappa shape index (κ3) is 4.63. The molecule has 0 heterocycles. The van der Waals surface area contributed by atoms with E-state index in [1.807, 2.05) is 13.0 Å². The summed E-state index contributed by atoms with van der Waals surface area (Å²) in [6, 6.07) is 3.53. The molecule has 0 radical (unpaired) electrons. The van der Waals surface area contributed by atoms with Gasteiger partial charge in [-0.05, 0) is 31.0 Å². The van der Waals surface area contributed by atoms with Crippen LogP contribution in [0, 0.1) is 6.92 Å². The van der Waals surface area contributed by atoms with Gasteiger partial charge in [-0.25, -0.2) is 9.59 Å². The molecule has 1 aromatic carbocycles. The second-order valence-electron chi connectivity index (χ2n) is 4.00. The normalized spacial score (nSPS) is 11.5. The highest BCUT2D eigenvalue weighted by Gasteiger charge is 2.18. The van der Waals surface area contributed by atoms with Gasteiger partial charge < -0.3 is 15.7 Å². The van der Waals surface area contributed by atoms with E-state index in [2.05, 4.69) is 17.2 Å². The summed E-state index contributed by atoms with van der Waals surface area (Å²) in [7, 11) is 0. The first-order valence-corrected chi connectivity index (χ1v) is 5.99. The van der Waals surface area contributed by atoms with Crippen LogP contribution in [0.3, 0.4) is 0 Å². The average Bonchev–Trinajstić information content (AvgIpc) is 2.33. The van der Waals surface area contributed by atoms with Crippen LogP contribution in [0.2, 0.25) is 5.02 Å². The molecule has 0 aliphatic rings. The van der Waals surface area contributed by atoms with Crippen molar-refractivity contribution in [3.05, 3.63) is 41.4 Å². The van der Waals surface area contributed by atoms with Crippen LogP contribution in [0.1, 0.15) is 12.0 Å². The van der Waals surface area contributed by atoms with Crippen molar-refractivity contribution < 1.29 is 14.7 Å². The minimum atomic E-state index is -1.12. The van der Waals surface area contributed by atoms with Crippen molar-refractivity contribution in [2.24, 2.45) is 0 Å². The number of carboxylic acids is 1. The van der Waals surface area contributed by atoms with Crippen LogP contribution in [0.4, 0.5) is 10.5 Å². The number of hydrogen-bond donors (Lipinski definition) is 3. The van der Waals surface area contributed by atoms with Gasteiger partial charge in [0.15, 0.2) is 0 Å². The Labute approximate surface area is 116 Å². The fourth-order valence-corrected chi connectivity index (χ4v) is 1.60. The maximum Gasteiger partial charge on any atom is 0.326 e. The molecule has 0 saturated carbocycles. The van der Waals surface area contributed by atoms with Gasteiger partial charge in [-0.3, -0.25) is 0 Å². The van der Waals surface area contributed by atoms with Crippen LogP contribution < -0.4 is 10.6 Å². The lowest BCUT2D eigenvalue weighted by molar-refractivity contribution is -0.139. The third-order valence-electron chi connectivity index (χ3n) is 2.38. The predicted octanol–water partition coefficient (Wildman–Crippen LogP) is 2.80. The molecule has 5 nitrogen and oxygen atoms in total. The molecular formula is C13H15ClN2O3. The maximum atomic E-state index is 11.7. The van der Waals surface area contributed by atoms with Crippen molar-refractivity contribution in [3.8, 4) is 0 Å². The number of aliphatic carboxylic acids is 1. The monoisotopic (exact) mass is 282 g/mol. The van der Waals surface area contributed by atoms with Crippen LogP contribution in [0.15, 0.2) is 30.9 Å². The van der Waals surface area contributed by atoms with E-state index < -0.39 is 18.0 Å². The summed E-state index contributed by atoms with van der Waals surface area (Å²) in [5.74, 6) is -1.12. The van der Waals surface area contributed by atoms with E-state index in [4.69, 9.17) is 16.7 Å². The minimum absolute atomic E-state index is 0.143. The van der Waals surface area contributed by atoms with E-state index in [9.17, 15) is 9.59 Å². The van der Waals surface area contributed by atoms with Crippen molar-refractivity contribution in [2.45, 2.75) is 19.4 Å². The number of carbonyl (C=O) groups is 2. The molecule has 0 spiro atoms. The summed E-state index contributed by atoms with van der Waals surface area (Å²) in [6.07, 6.45) is 1.57. The number of aryl methyl sites for hydroxylation is 1. The fraction of sp³-hybridized carbons (Fsp3) is 0.231. The highest BCUT2D eigenvalue weighted by atomic mass is 35.5. The quantitative estimate of drug-likeness (QED) is 0.727. The molecule has 102 valence electrons. The Balaban J connectivity index is 2.71. The van der Waals surface area contributed by atoms with E-state index >= 15 is 0 Å². The van der Waals surface area contributed by atoms with Gasteiger partial charge in [0.25, 0.3) is 0 Å². The van der Waals surface area contributed by atoms with Gasteiger partial charge in [0, 0.05) is 0 Å². The number of benzene rings is 1. The number of rotatable bonds is 5. The van der Waals surface area contributed by atoms with Gasteiger partial charge in [0.1, 0.15) is 6.04 Å². The molecule has 1 atom stereocenters. The first kappa shape index (κ1) is 15.0. The summed E-state index contributed by atoms with van der Waals surface area (Å²) in [5, 5.41) is 14.1. The highest BCUT2D eigenvalue weighted by molar-refractivity contribution is 6.33. The largest absolute Gasteiger partial charge is 0.480 e. The van der Waals surface area contributed by atoms with Crippen LogP contribution in [-0.2, 0) is 4.79 Å². The number of hydrogen-bond acceptors (Lipinski definition) is 2. The van der Waals surface area contributed by atoms with Crippen LogP contribution in [-0.4, -0.2) is 23.1 Å². The molecule has 1 rings (SSSR count). The standard InChI is InChI=1S/C13H15ClN2O3/c1-3-4-10(12(17)18)15-13(19)16-11-7-8(2)5-6-9(11)14/h3,5-7,10H,1,4H2,2H3,(H,17,18)(H2,15,16,19). The maximum absolute atomic E-state index is 11.7. The Hall–Kier alpha value is -2.01. The Morgan fingerprint density at radius 2 is 2.21 bits per heavy atom. The zero-order valence-corrected chi connectivity index (χ0v) is 11.2. The number of halogens is 1. The average molecular weight is 283 g/mol. The lowest BCUT2D eigenvalue weighted by Gasteiger charge is -2.14. The van der Waals surface area contributed by atoms with E-state index in [0.717, 1.165) is 5.56 Å². The van der Waals surface area contributed by atoms with Gasteiger partial charge in [-0.15, -0.1) is 6.58 Å². The molecule has 6 heteroatoms. The van der Waals surface area contributed by atoms with E-state index in [1.165, 1.54) is 6.08 Å². The van der Waals surface area contributed by atoms with Crippen LogP contribution >= 0.6 is 11.6 Å². The molecule has 0 bridgehead atoms. The lowest BCUT2D eigenvalue weighted by Crippen LogP contribution is -2.42. The molecule has 0 saturated heterocycles. The van der Waals surface area contributed by atoms with Gasteiger partial charge in [0.05, 0.1) is 10.7 Å². The fourth-order valence-electron chi connectivity index (χ4n) is 1.44. The number of carbonyl (C=O) groups excluding carboxylic acids is 1. The first-order valence-electron chi connectivity index (χ1n) is 5.61. The van der Waals surface area contributed by atoms with Crippen molar-refractivity contribution in [1.29, 1.82) is 0 Å². The zero-order chi connectivity index (χ0) is 14.4. The lowest BCUT2D eigenvalue weighted by atomic mass is 10.2. The predicted molar refractivity (Wildman–Crippen MR) is 74.6 cm³/mol. The van der Waals surface area contributed by atoms with Crippen molar-refractivity contribution in [3.63, 3.8) is 0 Å². The topological polar surface area (TPSA) is 78.4 Å². The molecule has 0 aliphatic heterocycles. The number of urea groups is 1. The van der Waals surface area contributed by atoms with Crippen molar-refractivity contribution in [1.82, 2.24) is 5.32 Å². The van der Waals surface area contributed by atoms with Gasteiger partial charge in [0.2, 0.25) is 0 Å². The second kappa shape index (κ2) is 6.80. The van der Waals surface area contributed by atoms with Crippen LogP contribution in [0.25, 0.3) is 0 Å². The molecule has 0 aliphatic carbocycles. The minimum Gasteiger partial charge on any atom is -0.480 e. The summed E-state index contributed by atoms with van der Waals surface area (Å²) < 4.78 is 0. The van der Waals surface area contributed by atoms with Gasteiger partial charge in [-0.2, -0.15) is 0 Å². The molecule has 19 heavy (non-hydrogen) atoms. The Morgan fingerprint density at radius 3 is 2.79 bits per heavy atom. The molecule has 3 N–H and O–H groups in total. The summed E-state index contributed by atoms with van der Waals surface area (Å²) >= 11 is 5.93. The van der Waals surface area contributed by atoms with E-state index in [-0.39, 0.29) is 6.42 Å². The molecular weight excluding hydrogens is 268 g/mol. The summed E-state index contributed by atoms with van der Waals surface area (Å²) in [6.45, 7) is 5.30. The van der Waals surface area contributed by atoms with Crippen LogP contribution in [0.5, 0.6) is 0 Å². The van der Waals surface area contributed by atoms with Crippen molar-refractivity contribution >= 4 is 29.3 Å².